The minimum absolute atomic E-state index is 0.111. The smallest absolute Gasteiger partial charge is 0.224 e. The van der Waals surface area contributed by atoms with Crippen molar-refractivity contribution in [3.63, 3.8) is 0 Å². The number of carbonyl (C=O) groups excluding carboxylic acids is 1. The lowest BCUT2D eigenvalue weighted by atomic mass is 10.0. The molecule has 0 saturated carbocycles. The molecule has 122 valence electrons. The van der Waals surface area contributed by atoms with E-state index in [1.807, 2.05) is 0 Å². The second-order valence-corrected chi connectivity index (χ2v) is 6.32. The van der Waals surface area contributed by atoms with Crippen LogP contribution in [0.5, 0.6) is 0 Å². The Hall–Kier alpha value is -1.55. The van der Waals surface area contributed by atoms with E-state index in [0.717, 1.165) is 49.5 Å². The Kier molecular flexibility index (Phi) is 5.83. The molecule has 1 N–H and O–H groups in total. The van der Waals surface area contributed by atoms with Crippen LogP contribution >= 0.6 is 0 Å². The highest BCUT2D eigenvalue weighted by atomic mass is 16.5. The summed E-state index contributed by atoms with van der Waals surface area (Å²) in [6.07, 6.45) is 1.61. The van der Waals surface area contributed by atoms with Gasteiger partial charge in [0.1, 0.15) is 0 Å². The van der Waals surface area contributed by atoms with E-state index in [9.17, 15) is 4.79 Å². The maximum absolute atomic E-state index is 12.1. The molecule has 22 heavy (non-hydrogen) atoms. The molecule has 4 nitrogen and oxygen atoms in total. The van der Waals surface area contributed by atoms with E-state index in [4.69, 9.17) is 4.74 Å². The number of hydrogen-bond acceptors (Lipinski definition) is 3. The number of ether oxygens (including phenoxy) is 1. The molecule has 1 aromatic carbocycles. The molecule has 0 aliphatic carbocycles. The number of nitrogens with zero attached hydrogens (tertiary/aromatic N) is 1. The Morgan fingerprint density at radius 2 is 1.86 bits per heavy atom. The molecule has 4 heteroatoms. The second-order valence-electron chi connectivity index (χ2n) is 6.32. The van der Waals surface area contributed by atoms with E-state index >= 15 is 0 Å². The molecule has 1 fully saturated rings. The molecule has 1 aliphatic heterocycles. The predicted octanol–water partition coefficient (Wildman–Crippen LogP) is 3.51. The van der Waals surface area contributed by atoms with Crippen molar-refractivity contribution in [3.8, 4) is 0 Å². The largest absolute Gasteiger partial charge is 0.378 e. The first-order valence-electron chi connectivity index (χ1n) is 8.25. The van der Waals surface area contributed by atoms with Gasteiger partial charge in [-0.2, -0.15) is 0 Å². The third-order valence-electron chi connectivity index (χ3n) is 4.39. The number of carbonyl (C=O) groups is 1. The van der Waals surface area contributed by atoms with Crippen LogP contribution in [-0.2, 0) is 9.53 Å². The van der Waals surface area contributed by atoms with Gasteiger partial charge in [0.25, 0.3) is 0 Å². The van der Waals surface area contributed by atoms with Crippen LogP contribution < -0.4 is 10.2 Å². The van der Waals surface area contributed by atoms with E-state index in [-0.39, 0.29) is 5.91 Å². The van der Waals surface area contributed by atoms with Crippen LogP contribution in [0.4, 0.5) is 11.4 Å². The first kappa shape index (κ1) is 16.8. The van der Waals surface area contributed by atoms with E-state index in [1.165, 1.54) is 5.69 Å². The van der Waals surface area contributed by atoms with Crippen LogP contribution in [0, 0.1) is 19.8 Å². The molecule has 1 unspecified atom stereocenters. The topological polar surface area (TPSA) is 41.6 Å². The zero-order valence-electron chi connectivity index (χ0n) is 14.2. The van der Waals surface area contributed by atoms with Crippen molar-refractivity contribution >= 4 is 17.3 Å². The van der Waals surface area contributed by atoms with Gasteiger partial charge in [-0.05, 0) is 43.0 Å². The van der Waals surface area contributed by atoms with Crippen molar-refractivity contribution in [2.45, 2.75) is 40.5 Å². The summed E-state index contributed by atoms with van der Waals surface area (Å²) in [6, 6.07) is 4.33. The molecule has 0 spiro atoms. The third-order valence-corrected chi connectivity index (χ3v) is 4.39. The Bertz CT molecular complexity index is 499. The lowest BCUT2D eigenvalue weighted by Gasteiger charge is -2.30. The van der Waals surface area contributed by atoms with Gasteiger partial charge in [0.15, 0.2) is 0 Å². The number of aryl methyl sites for hydroxylation is 2. The van der Waals surface area contributed by atoms with Crippen LogP contribution in [0.1, 0.15) is 37.8 Å². The van der Waals surface area contributed by atoms with Crippen molar-refractivity contribution < 1.29 is 9.53 Å². The molecular weight excluding hydrogens is 276 g/mol. The Morgan fingerprint density at radius 1 is 1.27 bits per heavy atom. The van der Waals surface area contributed by atoms with Crippen molar-refractivity contribution in [1.82, 2.24) is 0 Å². The summed E-state index contributed by atoms with van der Waals surface area (Å²) in [5.74, 6) is 0.535. The first-order chi connectivity index (χ1) is 10.5. The van der Waals surface area contributed by atoms with Crippen LogP contribution in [0.25, 0.3) is 0 Å². The van der Waals surface area contributed by atoms with Gasteiger partial charge in [0.2, 0.25) is 5.91 Å². The molecule has 0 aromatic heterocycles. The minimum Gasteiger partial charge on any atom is -0.378 e. The quantitative estimate of drug-likeness (QED) is 0.905. The second kappa shape index (κ2) is 7.63. The van der Waals surface area contributed by atoms with Crippen molar-refractivity contribution in [2.24, 2.45) is 5.92 Å². The molecule has 1 saturated heterocycles. The first-order valence-corrected chi connectivity index (χ1v) is 8.25. The predicted molar refractivity (Wildman–Crippen MR) is 91.6 cm³/mol. The van der Waals surface area contributed by atoms with Gasteiger partial charge in [0, 0.05) is 30.9 Å². The number of hydrogen-bond donors (Lipinski definition) is 1. The molecular formula is C18H28N2O2. The van der Waals surface area contributed by atoms with E-state index < -0.39 is 0 Å². The number of morpholine rings is 1. The van der Waals surface area contributed by atoms with Crippen molar-refractivity contribution in [2.75, 3.05) is 36.5 Å². The number of benzene rings is 1. The molecule has 1 amide bonds. The highest BCUT2D eigenvalue weighted by molar-refractivity contribution is 5.92. The molecule has 0 bridgehead atoms. The fraction of sp³-hybridized carbons (Fsp3) is 0.611. The SMILES string of the molecule is CCC(C)CC(=O)Nc1c(C)cc(N2CCOCC2)cc1C. The lowest BCUT2D eigenvalue weighted by molar-refractivity contribution is -0.117. The fourth-order valence-corrected chi connectivity index (χ4v) is 2.79. The molecule has 1 aliphatic rings. The Balaban J connectivity index is 2.11. The number of amides is 1. The molecule has 1 aromatic rings. The highest BCUT2D eigenvalue weighted by Crippen LogP contribution is 2.28. The summed E-state index contributed by atoms with van der Waals surface area (Å²) < 4.78 is 5.41. The summed E-state index contributed by atoms with van der Waals surface area (Å²) in [5.41, 5.74) is 4.43. The molecule has 0 radical (unpaired) electrons. The van der Waals surface area contributed by atoms with Gasteiger partial charge in [-0.1, -0.05) is 20.3 Å². The van der Waals surface area contributed by atoms with Crippen LogP contribution in [0.15, 0.2) is 12.1 Å². The summed E-state index contributed by atoms with van der Waals surface area (Å²) in [4.78, 5) is 14.5. The highest BCUT2D eigenvalue weighted by Gasteiger charge is 2.15. The zero-order chi connectivity index (χ0) is 16.1. The average molecular weight is 304 g/mol. The summed E-state index contributed by atoms with van der Waals surface area (Å²) in [7, 11) is 0. The molecule has 2 rings (SSSR count). The third kappa shape index (κ3) is 4.23. The minimum atomic E-state index is 0.111. The lowest BCUT2D eigenvalue weighted by Crippen LogP contribution is -2.36. The molecule has 1 atom stereocenters. The van der Waals surface area contributed by atoms with E-state index in [0.29, 0.717) is 12.3 Å². The van der Waals surface area contributed by atoms with Gasteiger partial charge in [-0.25, -0.2) is 0 Å². The zero-order valence-corrected chi connectivity index (χ0v) is 14.2. The monoisotopic (exact) mass is 304 g/mol. The number of anilines is 2. The van der Waals surface area contributed by atoms with E-state index in [1.54, 1.807) is 0 Å². The fourth-order valence-electron chi connectivity index (χ4n) is 2.79. The standard InChI is InChI=1S/C18H28N2O2/c1-5-13(2)10-17(21)19-18-14(3)11-16(12-15(18)4)20-6-8-22-9-7-20/h11-13H,5-10H2,1-4H3,(H,19,21). The summed E-state index contributed by atoms with van der Waals surface area (Å²) in [6.45, 7) is 11.8. The Labute approximate surface area is 133 Å². The maximum atomic E-state index is 12.1. The van der Waals surface area contributed by atoms with Crippen LogP contribution in [0.3, 0.4) is 0 Å². The van der Waals surface area contributed by atoms with Gasteiger partial charge in [-0.15, -0.1) is 0 Å². The normalized spacial score (nSPS) is 16.5. The molecule has 1 heterocycles. The van der Waals surface area contributed by atoms with Gasteiger partial charge >= 0.3 is 0 Å². The van der Waals surface area contributed by atoms with Gasteiger partial charge in [-0.3, -0.25) is 4.79 Å². The summed E-state index contributed by atoms with van der Waals surface area (Å²) >= 11 is 0. The van der Waals surface area contributed by atoms with Crippen molar-refractivity contribution in [1.29, 1.82) is 0 Å². The van der Waals surface area contributed by atoms with Gasteiger partial charge < -0.3 is 15.0 Å². The van der Waals surface area contributed by atoms with Crippen molar-refractivity contribution in [3.05, 3.63) is 23.3 Å². The van der Waals surface area contributed by atoms with Crippen LogP contribution in [0.2, 0.25) is 0 Å². The average Bonchev–Trinajstić information content (AvgIpc) is 2.51. The maximum Gasteiger partial charge on any atom is 0.224 e. The van der Waals surface area contributed by atoms with Gasteiger partial charge in [0.05, 0.1) is 13.2 Å². The number of nitrogens with one attached hydrogen (secondary N) is 1. The van der Waals surface area contributed by atoms with E-state index in [2.05, 4.69) is 50.0 Å². The van der Waals surface area contributed by atoms with Crippen LogP contribution in [-0.4, -0.2) is 32.2 Å². The Morgan fingerprint density at radius 3 is 2.41 bits per heavy atom. The summed E-state index contributed by atoms with van der Waals surface area (Å²) in [5, 5.41) is 3.09. The number of rotatable bonds is 5.